The van der Waals surface area contributed by atoms with Gasteiger partial charge in [-0.3, -0.25) is 9.80 Å². The van der Waals surface area contributed by atoms with Crippen molar-refractivity contribution in [1.29, 1.82) is 0 Å². The van der Waals surface area contributed by atoms with Crippen LogP contribution in [0.15, 0.2) is 73.1 Å². The lowest BCUT2D eigenvalue weighted by Crippen LogP contribution is -2.41. The molecule has 9 nitrogen and oxygen atoms in total. The SMILES string of the molecule is Cc1ccc(-c2cnc3c(c2)nc2n3CCN(C3CCC3)CC2)cc1.[C-]#[N+]c1ccc(-c2cnc3c(c2)nc2n3CCN(C3CCC3)CC2)cc1. The predicted octanol–water partition coefficient (Wildman–Crippen LogP) is 7.88. The van der Waals surface area contributed by atoms with E-state index in [9.17, 15) is 0 Å². The highest BCUT2D eigenvalue weighted by Gasteiger charge is 2.29. The van der Waals surface area contributed by atoms with E-state index in [1.54, 1.807) is 0 Å². The Kier molecular flexibility index (Phi) is 8.58. The number of aryl methyl sites for hydroxylation is 1. The second-order valence-corrected chi connectivity index (χ2v) is 14.8. The lowest BCUT2D eigenvalue weighted by molar-refractivity contribution is 0.130. The lowest BCUT2D eigenvalue weighted by atomic mass is 9.91. The number of benzene rings is 2. The van der Waals surface area contributed by atoms with Gasteiger partial charge in [-0.2, -0.15) is 0 Å². The Morgan fingerprint density at radius 1 is 0.588 bits per heavy atom. The average molecular weight is 676 g/mol. The van der Waals surface area contributed by atoms with Gasteiger partial charge in [0, 0.05) is 87.7 Å². The molecule has 2 aromatic carbocycles. The van der Waals surface area contributed by atoms with E-state index in [1.165, 1.54) is 55.5 Å². The molecule has 6 aromatic rings. The predicted molar refractivity (Wildman–Crippen MR) is 203 cm³/mol. The van der Waals surface area contributed by atoms with Crippen LogP contribution in [0.25, 0.3) is 49.4 Å². The minimum Gasteiger partial charge on any atom is -0.311 e. The van der Waals surface area contributed by atoms with Crippen molar-refractivity contribution in [1.82, 2.24) is 38.9 Å². The molecule has 0 spiro atoms. The fourth-order valence-electron chi connectivity index (χ4n) is 8.16. The molecule has 2 saturated carbocycles. The molecule has 4 aliphatic rings. The number of fused-ring (bicyclic) bond motifs is 6. The minimum atomic E-state index is 0.660. The van der Waals surface area contributed by atoms with Gasteiger partial charge in [0.2, 0.25) is 0 Å². The van der Waals surface area contributed by atoms with Crippen molar-refractivity contribution in [3.05, 3.63) is 102 Å². The molecule has 0 N–H and O–H groups in total. The number of nitrogens with zero attached hydrogens (tertiary/aromatic N) is 9. The number of imidazole rings is 2. The van der Waals surface area contributed by atoms with Crippen molar-refractivity contribution in [2.45, 2.75) is 83.5 Å². The van der Waals surface area contributed by atoms with Gasteiger partial charge >= 0.3 is 0 Å². The van der Waals surface area contributed by atoms with E-state index in [0.717, 1.165) is 109 Å². The molecule has 2 aliphatic heterocycles. The Balaban J connectivity index is 0.000000137. The molecule has 0 radical (unpaired) electrons. The smallest absolute Gasteiger partial charge is 0.187 e. The molecule has 0 amide bonds. The first-order valence-electron chi connectivity index (χ1n) is 18.8. The van der Waals surface area contributed by atoms with Crippen LogP contribution in [-0.4, -0.2) is 77.1 Å². The van der Waals surface area contributed by atoms with Crippen molar-refractivity contribution in [2.24, 2.45) is 0 Å². The van der Waals surface area contributed by atoms with E-state index in [1.807, 2.05) is 36.7 Å². The van der Waals surface area contributed by atoms with Crippen LogP contribution in [0.5, 0.6) is 0 Å². The van der Waals surface area contributed by atoms with Gasteiger partial charge in [0.05, 0.1) is 6.57 Å². The monoisotopic (exact) mass is 675 g/mol. The maximum Gasteiger partial charge on any atom is 0.187 e. The van der Waals surface area contributed by atoms with Crippen LogP contribution < -0.4 is 0 Å². The summed E-state index contributed by atoms with van der Waals surface area (Å²) < 4.78 is 4.65. The average Bonchev–Trinajstić information content (AvgIpc) is 3.48. The summed E-state index contributed by atoms with van der Waals surface area (Å²) in [5.41, 5.74) is 10.5. The van der Waals surface area contributed by atoms with E-state index in [0.29, 0.717) is 5.69 Å². The topological polar surface area (TPSA) is 72.3 Å². The van der Waals surface area contributed by atoms with Gasteiger partial charge in [-0.25, -0.2) is 24.8 Å². The van der Waals surface area contributed by atoms with Gasteiger partial charge in [0.1, 0.15) is 22.7 Å². The van der Waals surface area contributed by atoms with Crippen molar-refractivity contribution >= 4 is 28.0 Å². The molecule has 258 valence electrons. The molecule has 9 heteroatoms. The van der Waals surface area contributed by atoms with E-state index in [4.69, 9.17) is 26.5 Å². The Morgan fingerprint density at radius 3 is 1.49 bits per heavy atom. The third-order valence-corrected chi connectivity index (χ3v) is 11.7. The fraction of sp³-hybridized carbons (Fsp3) is 0.405. The molecule has 0 bridgehead atoms. The van der Waals surface area contributed by atoms with E-state index in [-0.39, 0.29) is 0 Å². The highest BCUT2D eigenvalue weighted by Crippen LogP contribution is 2.30. The molecular formula is C42H45N9. The normalized spacial score (nSPS) is 18.4. The molecule has 0 unspecified atom stereocenters. The molecule has 0 saturated heterocycles. The van der Waals surface area contributed by atoms with Crippen LogP contribution in [0.1, 0.15) is 55.7 Å². The number of aromatic nitrogens is 6. The maximum absolute atomic E-state index is 7.07. The lowest BCUT2D eigenvalue weighted by Gasteiger charge is -2.36. The van der Waals surface area contributed by atoms with Crippen molar-refractivity contribution in [3.63, 3.8) is 0 Å². The highest BCUT2D eigenvalue weighted by atomic mass is 15.2. The van der Waals surface area contributed by atoms with Crippen molar-refractivity contribution < 1.29 is 0 Å². The summed E-state index contributed by atoms with van der Waals surface area (Å²) in [5, 5.41) is 0. The maximum atomic E-state index is 7.07. The van der Waals surface area contributed by atoms with Gasteiger partial charge in [-0.1, -0.05) is 66.9 Å². The summed E-state index contributed by atoms with van der Waals surface area (Å²) in [6.07, 6.45) is 14.2. The zero-order chi connectivity index (χ0) is 34.3. The Morgan fingerprint density at radius 2 is 1.06 bits per heavy atom. The molecule has 6 heterocycles. The number of rotatable bonds is 4. The molecule has 2 aliphatic carbocycles. The van der Waals surface area contributed by atoms with E-state index < -0.39 is 0 Å². The summed E-state index contributed by atoms with van der Waals surface area (Å²) in [4.78, 5) is 28.1. The molecular weight excluding hydrogens is 631 g/mol. The van der Waals surface area contributed by atoms with Gasteiger partial charge in [-0.05, 0) is 55.9 Å². The van der Waals surface area contributed by atoms with Gasteiger partial charge in [-0.15, -0.1) is 0 Å². The summed E-state index contributed by atoms with van der Waals surface area (Å²) >= 11 is 0. The second kappa shape index (κ2) is 13.7. The van der Waals surface area contributed by atoms with E-state index >= 15 is 0 Å². The Labute approximate surface area is 299 Å². The van der Waals surface area contributed by atoms with Gasteiger partial charge in [0.25, 0.3) is 0 Å². The first-order chi connectivity index (χ1) is 25.1. The van der Waals surface area contributed by atoms with E-state index in [2.05, 4.69) is 67.1 Å². The molecule has 10 rings (SSSR count). The first-order valence-corrected chi connectivity index (χ1v) is 18.8. The fourth-order valence-corrected chi connectivity index (χ4v) is 8.16. The molecule has 0 atom stereocenters. The van der Waals surface area contributed by atoms with Crippen LogP contribution >= 0.6 is 0 Å². The molecule has 51 heavy (non-hydrogen) atoms. The van der Waals surface area contributed by atoms with Gasteiger partial charge in [0.15, 0.2) is 17.0 Å². The third kappa shape index (κ3) is 6.32. The summed E-state index contributed by atoms with van der Waals surface area (Å²) in [6.45, 7) is 15.7. The zero-order valence-corrected chi connectivity index (χ0v) is 29.5. The van der Waals surface area contributed by atoms with Gasteiger partial charge < -0.3 is 9.13 Å². The zero-order valence-electron chi connectivity index (χ0n) is 29.5. The van der Waals surface area contributed by atoms with Crippen molar-refractivity contribution in [2.75, 3.05) is 26.2 Å². The number of hydrogen-bond donors (Lipinski definition) is 0. The van der Waals surface area contributed by atoms with Crippen LogP contribution in [0.3, 0.4) is 0 Å². The third-order valence-electron chi connectivity index (χ3n) is 11.7. The Bertz CT molecular complexity index is 2220. The summed E-state index contributed by atoms with van der Waals surface area (Å²) in [6, 6.07) is 22.2. The quantitative estimate of drug-likeness (QED) is 0.177. The second-order valence-electron chi connectivity index (χ2n) is 14.8. The van der Waals surface area contributed by atoms with Crippen LogP contribution in [0, 0.1) is 13.5 Å². The molecule has 2 fully saturated rings. The largest absolute Gasteiger partial charge is 0.311 e. The standard InChI is InChI=1S/C21H21N5.C21H24N4/c1-22-17-7-5-15(6-8-17)16-13-19-21(23-14-16)26-12-11-25(18-3-2-4-18)10-9-20(26)24-19;1-15-5-7-16(8-6-15)17-13-19-21(22-14-17)25-12-11-24(18-3-2-4-18)10-9-20(25)23-19/h5-8,13-14,18H,2-4,9-12H2;5-8,13-14,18H,2-4,9-12H2,1H3. The summed E-state index contributed by atoms with van der Waals surface area (Å²) in [7, 11) is 0. The number of pyridine rings is 2. The first kappa shape index (κ1) is 32.0. The summed E-state index contributed by atoms with van der Waals surface area (Å²) in [5.74, 6) is 2.36. The molecule has 4 aromatic heterocycles. The van der Waals surface area contributed by atoms with Crippen LogP contribution in [0.4, 0.5) is 5.69 Å². The van der Waals surface area contributed by atoms with Crippen LogP contribution in [-0.2, 0) is 25.9 Å². The number of hydrogen-bond acceptors (Lipinski definition) is 6. The minimum absolute atomic E-state index is 0.660. The van der Waals surface area contributed by atoms with Crippen molar-refractivity contribution in [3.8, 4) is 22.3 Å². The van der Waals surface area contributed by atoms with Crippen LogP contribution in [0.2, 0.25) is 0 Å². The highest BCUT2D eigenvalue weighted by molar-refractivity contribution is 5.80. The Hall–Kier alpha value is -4.91.